The van der Waals surface area contributed by atoms with Crippen LogP contribution in [0.2, 0.25) is 0 Å². The van der Waals surface area contributed by atoms with E-state index >= 15 is 0 Å². The fourth-order valence-corrected chi connectivity index (χ4v) is 8.52. The monoisotopic (exact) mass is 891 g/mol. The second-order valence-corrected chi connectivity index (χ2v) is 25.7. The van der Waals surface area contributed by atoms with Crippen LogP contribution in [0.15, 0.2) is 0 Å². The van der Waals surface area contributed by atoms with E-state index in [0.717, 1.165) is 71.0 Å². The maximum Gasteiger partial charge on any atom is -0.0354 e. The Balaban J connectivity index is -0.000000311. The molecule has 5 aliphatic rings. The first-order valence-electron chi connectivity index (χ1n) is 29.2. The normalized spacial score (nSPS) is 24.2. The molecule has 0 aromatic heterocycles. The van der Waals surface area contributed by atoms with Crippen LogP contribution in [0.1, 0.15) is 327 Å². The molecule has 0 bridgehead atoms. The van der Waals surface area contributed by atoms with Crippen molar-refractivity contribution in [3.8, 4) is 0 Å². The van der Waals surface area contributed by atoms with Gasteiger partial charge in [0.25, 0.3) is 0 Å². The summed E-state index contributed by atoms with van der Waals surface area (Å²) in [5, 5.41) is 0. The summed E-state index contributed by atoms with van der Waals surface area (Å²) in [7, 11) is 0. The highest BCUT2D eigenvalue weighted by Crippen LogP contribution is 2.36. The lowest BCUT2D eigenvalue weighted by atomic mass is 9.84. The van der Waals surface area contributed by atoms with Crippen molar-refractivity contribution >= 4 is 0 Å². The van der Waals surface area contributed by atoms with Gasteiger partial charge in [-0.3, -0.25) is 0 Å². The smallest absolute Gasteiger partial charge is 0.0354 e. The van der Waals surface area contributed by atoms with Gasteiger partial charge in [-0.1, -0.05) is 307 Å². The first-order valence-corrected chi connectivity index (χ1v) is 29.2. The van der Waals surface area contributed by atoms with Crippen LogP contribution in [-0.4, -0.2) is 0 Å². The summed E-state index contributed by atoms with van der Waals surface area (Å²) in [5.74, 6) is 11.5. The van der Waals surface area contributed by atoms with E-state index in [0.29, 0.717) is 10.8 Å². The number of hydrogen-bond acceptors (Lipinski definition) is 0. The van der Waals surface area contributed by atoms with E-state index in [-0.39, 0.29) is 0 Å². The minimum absolute atomic E-state index is 0.500. The molecule has 7 atom stereocenters. The van der Waals surface area contributed by atoms with E-state index in [2.05, 4.69) is 166 Å². The number of hydrogen-bond donors (Lipinski definition) is 0. The molecule has 5 saturated carbocycles. The summed E-state index contributed by atoms with van der Waals surface area (Å²) in [6, 6.07) is 0. The van der Waals surface area contributed by atoms with Crippen LogP contribution in [0.3, 0.4) is 0 Å². The maximum atomic E-state index is 2.36. The van der Waals surface area contributed by atoms with Crippen LogP contribution in [-0.2, 0) is 0 Å². The van der Waals surface area contributed by atoms with Crippen molar-refractivity contribution in [1.29, 1.82) is 0 Å². The van der Waals surface area contributed by atoms with E-state index in [1.54, 1.807) is 0 Å². The molecule has 0 amide bonds. The zero-order valence-electron chi connectivity index (χ0n) is 49.6. The summed E-state index contributed by atoms with van der Waals surface area (Å²) in [4.78, 5) is 0. The lowest BCUT2D eigenvalue weighted by Gasteiger charge is -2.22. The summed E-state index contributed by atoms with van der Waals surface area (Å²) in [6.45, 7) is 55.1. The van der Waals surface area contributed by atoms with Gasteiger partial charge in [-0.2, -0.15) is 0 Å². The van der Waals surface area contributed by atoms with Gasteiger partial charge in [-0.15, -0.1) is 0 Å². The topological polar surface area (TPSA) is 0 Å². The number of rotatable bonds is 8. The highest BCUT2D eigenvalue weighted by molar-refractivity contribution is 4.74. The van der Waals surface area contributed by atoms with Crippen LogP contribution >= 0.6 is 0 Å². The average molecular weight is 892 g/mol. The molecule has 0 heteroatoms. The molecule has 0 heterocycles. The highest BCUT2D eigenvalue weighted by atomic mass is 14.3. The second-order valence-electron chi connectivity index (χ2n) is 25.7. The second kappa shape index (κ2) is 43.3. The summed E-state index contributed by atoms with van der Waals surface area (Å²) in [5.41, 5.74) is 1.19. The predicted octanol–water partition coefficient (Wildman–Crippen LogP) is 23.5. The Labute approximate surface area is 406 Å². The first-order chi connectivity index (χ1) is 29.2. The fourth-order valence-electron chi connectivity index (χ4n) is 8.52. The van der Waals surface area contributed by atoms with Crippen molar-refractivity contribution < 1.29 is 0 Å². The third kappa shape index (κ3) is 48.3. The van der Waals surface area contributed by atoms with Gasteiger partial charge in [0.15, 0.2) is 0 Å². The minimum Gasteiger partial charge on any atom is -0.0654 e. The molecule has 5 rings (SSSR count). The van der Waals surface area contributed by atoms with Gasteiger partial charge in [-0.25, -0.2) is 0 Å². The van der Waals surface area contributed by atoms with Crippen LogP contribution < -0.4 is 0 Å². The summed E-state index contributed by atoms with van der Waals surface area (Å²) in [6.07, 6.45) is 36.3. The third-order valence-corrected chi connectivity index (χ3v) is 16.9. The van der Waals surface area contributed by atoms with Crippen molar-refractivity contribution in [2.24, 2.45) is 81.8 Å². The van der Waals surface area contributed by atoms with Crippen molar-refractivity contribution in [2.75, 3.05) is 0 Å². The maximum absolute atomic E-state index is 2.36. The van der Waals surface area contributed by atoms with Crippen LogP contribution in [0.25, 0.3) is 0 Å². The molecule has 5 fully saturated rings. The van der Waals surface area contributed by atoms with E-state index in [4.69, 9.17) is 0 Å². The SMILES string of the molecule is CC(C)C(C)(C)C.CC1(C)CCCC1.CC1CCCCC1.CC1CCC[C@H]1C.CC1CC[C@@H](C)C1.CCC(C)C(C)C.CCC(C)C(C)C.CCC1CCCC1.CCCC(C)CC. The molecule has 0 aliphatic heterocycles. The molecule has 0 nitrogen and oxygen atoms in total. The average Bonchev–Trinajstić information content (AvgIpc) is 4.06. The van der Waals surface area contributed by atoms with Crippen molar-refractivity contribution in [3.05, 3.63) is 0 Å². The Morgan fingerprint density at radius 2 is 0.841 bits per heavy atom. The quantitative estimate of drug-likeness (QED) is 0.228. The van der Waals surface area contributed by atoms with Crippen molar-refractivity contribution in [2.45, 2.75) is 327 Å². The largest absolute Gasteiger partial charge is 0.0654 e. The Bertz CT molecular complexity index is 821. The van der Waals surface area contributed by atoms with E-state index in [1.165, 1.54) is 161 Å². The third-order valence-electron chi connectivity index (χ3n) is 16.9. The molecule has 0 N–H and O–H groups in total. The standard InChI is InChI=1S/5C7H14.4C7H16/c1-6-3-4-7(2)5-6;1-7(2)5-3-4-6-7;1-6-4-3-5-7(6)2;1-7-5-3-2-4-6-7;1-2-7-5-3-4-6-7;1-6(2)7(3,4)5;2*1-5-7(4)6(2)3;1-4-6-7(3)5-2/h6-7H,3-5H2,1-2H3;3-6H2,1-2H3;6-7H,3-5H2,1-2H3;2*7H,2-6H2,1H3;6H,1-5H3;2*6-7H,5H2,1-4H3;7H,4-6H2,1-3H3/t6-,7?;;6-,7?;;;;;;/m1.1....../s1. The zero-order chi connectivity index (χ0) is 49.6. The van der Waals surface area contributed by atoms with Gasteiger partial charge in [0, 0.05) is 0 Å². The molecule has 0 spiro atoms. The molecule has 63 heavy (non-hydrogen) atoms. The van der Waals surface area contributed by atoms with Gasteiger partial charge in [0.1, 0.15) is 0 Å². The van der Waals surface area contributed by atoms with E-state index in [1.807, 2.05) is 0 Å². The van der Waals surface area contributed by atoms with Gasteiger partial charge in [-0.05, 0) is 101 Å². The first kappa shape index (κ1) is 69.6. The van der Waals surface area contributed by atoms with E-state index < -0.39 is 0 Å². The van der Waals surface area contributed by atoms with Gasteiger partial charge in [0.2, 0.25) is 0 Å². The Morgan fingerprint density at radius 3 is 0.968 bits per heavy atom. The molecular weight excluding hydrogens is 757 g/mol. The fraction of sp³-hybridized carbons (Fsp3) is 1.00. The van der Waals surface area contributed by atoms with Crippen LogP contribution in [0.5, 0.6) is 0 Å². The Hall–Kier alpha value is 0. The molecule has 386 valence electrons. The molecule has 5 unspecified atom stereocenters. The Morgan fingerprint density at radius 1 is 0.460 bits per heavy atom. The highest BCUT2D eigenvalue weighted by Gasteiger charge is 2.22. The molecule has 0 aromatic rings. The predicted molar refractivity (Wildman–Crippen MR) is 298 cm³/mol. The lowest BCUT2D eigenvalue weighted by molar-refractivity contribution is 0.283. The van der Waals surface area contributed by atoms with Gasteiger partial charge in [0.05, 0.1) is 0 Å². The van der Waals surface area contributed by atoms with Crippen LogP contribution in [0.4, 0.5) is 0 Å². The lowest BCUT2D eigenvalue weighted by Crippen LogP contribution is -2.12. The van der Waals surface area contributed by atoms with Gasteiger partial charge < -0.3 is 0 Å². The molecule has 0 aromatic carbocycles. The molecule has 0 radical (unpaired) electrons. The van der Waals surface area contributed by atoms with Gasteiger partial charge >= 0.3 is 0 Å². The van der Waals surface area contributed by atoms with E-state index in [9.17, 15) is 0 Å². The Kier molecular flexibility index (Phi) is 47.8. The van der Waals surface area contributed by atoms with Crippen molar-refractivity contribution in [3.63, 3.8) is 0 Å². The summed E-state index contributed by atoms with van der Waals surface area (Å²) >= 11 is 0. The van der Waals surface area contributed by atoms with Crippen molar-refractivity contribution in [1.82, 2.24) is 0 Å². The molecular formula is C63H134. The summed E-state index contributed by atoms with van der Waals surface area (Å²) < 4.78 is 0. The van der Waals surface area contributed by atoms with Crippen LogP contribution in [0, 0.1) is 81.8 Å². The molecule has 0 saturated heterocycles. The molecule has 5 aliphatic carbocycles. The zero-order valence-corrected chi connectivity index (χ0v) is 49.6. The minimum atomic E-state index is 0.500.